The molecule has 22 heavy (non-hydrogen) atoms. The number of rotatable bonds is 13. The van der Waals surface area contributed by atoms with Crippen LogP contribution in [0.3, 0.4) is 0 Å². The fourth-order valence-electron chi connectivity index (χ4n) is 1.92. The highest BCUT2D eigenvalue weighted by molar-refractivity contribution is 5.88. The molecule has 0 aliphatic carbocycles. The van der Waals surface area contributed by atoms with Crippen molar-refractivity contribution in [3.05, 3.63) is 0 Å². The molecule has 0 rings (SSSR count). The molecule has 0 saturated carbocycles. The first-order valence-corrected chi connectivity index (χ1v) is 8.01. The van der Waals surface area contributed by atoms with Crippen molar-refractivity contribution < 1.29 is 24.3 Å². The molecule has 0 heterocycles. The van der Waals surface area contributed by atoms with Crippen LogP contribution in [0, 0.1) is 5.92 Å². The van der Waals surface area contributed by atoms with E-state index in [0.29, 0.717) is 32.1 Å². The molecule has 0 radical (unpaired) electrons. The van der Waals surface area contributed by atoms with Gasteiger partial charge in [0.05, 0.1) is 0 Å². The van der Waals surface area contributed by atoms with E-state index in [1.54, 1.807) is 0 Å². The third-order valence-corrected chi connectivity index (χ3v) is 3.57. The summed E-state index contributed by atoms with van der Waals surface area (Å²) in [7, 11) is 0. The van der Waals surface area contributed by atoms with Crippen LogP contribution in [0.2, 0.25) is 0 Å². The topological polar surface area (TPSA) is 88.5 Å². The minimum atomic E-state index is -1.01. The molecule has 126 valence electrons. The van der Waals surface area contributed by atoms with Crippen LogP contribution < -0.4 is 0 Å². The second-order valence-electron chi connectivity index (χ2n) is 6.05. The van der Waals surface area contributed by atoms with Crippen molar-refractivity contribution >= 4 is 23.1 Å². The Kier molecular flexibility index (Phi) is 10.5. The molecular formula is C17H28O5. The van der Waals surface area contributed by atoms with E-state index in [4.69, 9.17) is 5.11 Å². The molecule has 1 atom stereocenters. The zero-order valence-electron chi connectivity index (χ0n) is 13.9. The molecule has 0 fully saturated rings. The normalized spacial score (nSPS) is 12.2. The highest BCUT2D eigenvalue weighted by atomic mass is 16.3. The van der Waals surface area contributed by atoms with Gasteiger partial charge < -0.3 is 5.11 Å². The molecule has 0 spiro atoms. The van der Waals surface area contributed by atoms with Crippen molar-refractivity contribution in [1.29, 1.82) is 0 Å². The van der Waals surface area contributed by atoms with Gasteiger partial charge in [-0.25, -0.2) is 0 Å². The van der Waals surface area contributed by atoms with E-state index < -0.39 is 6.10 Å². The first-order valence-electron chi connectivity index (χ1n) is 8.01. The Morgan fingerprint density at radius 1 is 0.682 bits per heavy atom. The van der Waals surface area contributed by atoms with Gasteiger partial charge in [0.25, 0.3) is 0 Å². The highest BCUT2D eigenvalue weighted by Gasteiger charge is 2.12. The summed E-state index contributed by atoms with van der Waals surface area (Å²) in [5.74, 6) is -0.207. The zero-order chi connectivity index (χ0) is 17.1. The third-order valence-electron chi connectivity index (χ3n) is 3.57. The first-order chi connectivity index (χ1) is 10.2. The number of hydrogen-bond acceptors (Lipinski definition) is 5. The largest absolute Gasteiger partial charge is 0.386 e. The Morgan fingerprint density at radius 3 is 1.45 bits per heavy atom. The Labute approximate surface area is 132 Å². The predicted octanol–water partition coefficient (Wildman–Crippen LogP) is 2.42. The first kappa shape index (κ1) is 20.6. The fourth-order valence-corrected chi connectivity index (χ4v) is 1.92. The van der Waals surface area contributed by atoms with Crippen LogP contribution >= 0.6 is 0 Å². The number of aliphatic hydroxyl groups excluding tert-OH is 1. The van der Waals surface area contributed by atoms with Crippen LogP contribution in [0.5, 0.6) is 0 Å². The molecule has 5 heteroatoms. The van der Waals surface area contributed by atoms with Gasteiger partial charge in [-0.1, -0.05) is 13.8 Å². The molecule has 0 aliphatic heterocycles. The lowest BCUT2D eigenvalue weighted by molar-refractivity contribution is -0.129. The Bertz CT molecular complexity index is 358. The maximum Gasteiger partial charge on any atom is 0.161 e. The summed E-state index contributed by atoms with van der Waals surface area (Å²) >= 11 is 0. The molecule has 0 bridgehead atoms. The average Bonchev–Trinajstić information content (AvgIpc) is 2.46. The summed E-state index contributed by atoms with van der Waals surface area (Å²) in [4.78, 5) is 45.7. The quantitative estimate of drug-likeness (QED) is 0.528. The minimum absolute atomic E-state index is 0.0172. The average molecular weight is 312 g/mol. The standard InChI is InChI=1S/C17H28O5/c1-12(2)16(21)10-8-14(19)6-4-5-7-15(20)9-11-17(22)13(3)18/h12-13,18H,4-11H2,1-3H3. The molecule has 5 nitrogen and oxygen atoms in total. The van der Waals surface area contributed by atoms with E-state index in [2.05, 4.69) is 0 Å². The second-order valence-corrected chi connectivity index (χ2v) is 6.05. The van der Waals surface area contributed by atoms with Crippen molar-refractivity contribution in [2.45, 2.75) is 78.2 Å². The van der Waals surface area contributed by atoms with Gasteiger partial charge in [0, 0.05) is 44.4 Å². The number of unbranched alkanes of at least 4 members (excludes halogenated alkanes) is 1. The SMILES string of the molecule is CC(C)C(=O)CCC(=O)CCCCC(=O)CCC(=O)C(C)O. The lowest BCUT2D eigenvalue weighted by Gasteiger charge is -2.04. The summed E-state index contributed by atoms with van der Waals surface area (Å²) in [6.45, 7) is 5.03. The summed E-state index contributed by atoms with van der Waals surface area (Å²) < 4.78 is 0. The molecule has 0 aromatic carbocycles. The van der Waals surface area contributed by atoms with Crippen LogP contribution in [-0.2, 0) is 19.2 Å². The lowest BCUT2D eigenvalue weighted by Crippen LogP contribution is -2.17. The minimum Gasteiger partial charge on any atom is -0.386 e. The van der Waals surface area contributed by atoms with Crippen LogP contribution in [0.15, 0.2) is 0 Å². The number of Topliss-reactive ketones (excluding diaryl/α,β-unsaturated/α-hetero) is 4. The van der Waals surface area contributed by atoms with Crippen LogP contribution in [-0.4, -0.2) is 34.3 Å². The van der Waals surface area contributed by atoms with E-state index in [-0.39, 0.29) is 48.3 Å². The third kappa shape index (κ3) is 10.4. The Morgan fingerprint density at radius 2 is 1.09 bits per heavy atom. The maximum atomic E-state index is 11.6. The smallest absolute Gasteiger partial charge is 0.161 e. The van der Waals surface area contributed by atoms with Gasteiger partial charge in [-0.2, -0.15) is 0 Å². The lowest BCUT2D eigenvalue weighted by atomic mass is 10.00. The van der Waals surface area contributed by atoms with Crippen molar-refractivity contribution in [3.63, 3.8) is 0 Å². The van der Waals surface area contributed by atoms with Gasteiger partial charge in [-0.05, 0) is 19.8 Å². The summed E-state index contributed by atoms with van der Waals surface area (Å²) in [5.41, 5.74) is 0. The van der Waals surface area contributed by atoms with E-state index in [1.807, 2.05) is 13.8 Å². The van der Waals surface area contributed by atoms with Crippen molar-refractivity contribution in [2.75, 3.05) is 0 Å². The monoisotopic (exact) mass is 312 g/mol. The van der Waals surface area contributed by atoms with E-state index in [9.17, 15) is 19.2 Å². The summed E-state index contributed by atoms with van der Waals surface area (Å²) in [6.07, 6.45) is 1.80. The number of carbonyl (C=O) groups is 4. The van der Waals surface area contributed by atoms with Crippen molar-refractivity contribution in [3.8, 4) is 0 Å². The molecule has 1 N–H and O–H groups in total. The Hall–Kier alpha value is -1.36. The molecule has 0 amide bonds. The van der Waals surface area contributed by atoms with Crippen LogP contribution in [0.1, 0.15) is 72.1 Å². The molecule has 0 aromatic heterocycles. The van der Waals surface area contributed by atoms with Crippen molar-refractivity contribution in [2.24, 2.45) is 5.92 Å². The molecule has 0 aromatic rings. The Balaban J connectivity index is 3.67. The maximum absolute atomic E-state index is 11.6. The van der Waals surface area contributed by atoms with Crippen LogP contribution in [0.25, 0.3) is 0 Å². The summed E-state index contributed by atoms with van der Waals surface area (Å²) in [6, 6.07) is 0. The van der Waals surface area contributed by atoms with Gasteiger partial charge >= 0.3 is 0 Å². The number of aliphatic hydroxyl groups is 1. The second kappa shape index (κ2) is 11.2. The van der Waals surface area contributed by atoms with Gasteiger partial charge in [0.15, 0.2) is 5.78 Å². The summed E-state index contributed by atoms with van der Waals surface area (Å²) in [5, 5.41) is 9.01. The number of ketones is 4. The highest BCUT2D eigenvalue weighted by Crippen LogP contribution is 2.09. The van der Waals surface area contributed by atoms with Gasteiger partial charge in [0.2, 0.25) is 0 Å². The van der Waals surface area contributed by atoms with E-state index >= 15 is 0 Å². The van der Waals surface area contributed by atoms with Crippen molar-refractivity contribution in [1.82, 2.24) is 0 Å². The van der Waals surface area contributed by atoms with E-state index in [0.717, 1.165) is 0 Å². The molecular weight excluding hydrogens is 284 g/mol. The number of hydrogen-bond donors (Lipinski definition) is 1. The van der Waals surface area contributed by atoms with Gasteiger partial charge in [0.1, 0.15) is 23.5 Å². The predicted molar refractivity (Wildman–Crippen MR) is 83.5 cm³/mol. The van der Waals surface area contributed by atoms with Gasteiger partial charge in [-0.15, -0.1) is 0 Å². The van der Waals surface area contributed by atoms with Crippen LogP contribution in [0.4, 0.5) is 0 Å². The fraction of sp³-hybridized carbons (Fsp3) is 0.765. The molecule has 1 unspecified atom stereocenters. The van der Waals surface area contributed by atoms with Gasteiger partial charge in [-0.3, -0.25) is 19.2 Å². The molecule has 0 aliphatic rings. The number of carbonyl (C=O) groups excluding carboxylic acids is 4. The molecule has 0 saturated heterocycles. The van der Waals surface area contributed by atoms with E-state index in [1.165, 1.54) is 6.92 Å². The zero-order valence-corrected chi connectivity index (χ0v) is 13.9.